The minimum absolute atomic E-state index is 0.299. The normalized spacial score (nSPS) is 10.8. The van der Waals surface area contributed by atoms with Gasteiger partial charge in [-0.2, -0.15) is 5.26 Å². The summed E-state index contributed by atoms with van der Waals surface area (Å²) in [7, 11) is 1.60. The maximum atomic E-state index is 8.64. The first-order valence-electron chi connectivity index (χ1n) is 5.82. The molecule has 0 unspecified atom stereocenters. The Hall–Kier alpha value is -2.26. The summed E-state index contributed by atoms with van der Waals surface area (Å²) in [6.45, 7) is 1.17. The summed E-state index contributed by atoms with van der Waals surface area (Å²) in [5.41, 5.74) is 6.16. The van der Waals surface area contributed by atoms with Crippen molar-refractivity contribution < 1.29 is 14.3 Å². The maximum Gasteiger partial charge on any atom is 0.151 e. The number of ether oxygens (including phenoxy) is 2. The molecule has 0 atom stereocenters. The molecule has 2 N–H and O–H groups in total. The van der Waals surface area contributed by atoms with Gasteiger partial charge in [-0.3, -0.25) is 0 Å². The van der Waals surface area contributed by atoms with Crippen molar-refractivity contribution in [3.8, 4) is 11.8 Å². The Balaban J connectivity index is 2.18. The van der Waals surface area contributed by atoms with Crippen molar-refractivity contribution in [2.75, 3.05) is 26.9 Å². The molecule has 102 valence electrons. The summed E-state index contributed by atoms with van der Waals surface area (Å²) in [5.74, 6) is 1.07. The van der Waals surface area contributed by atoms with Gasteiger partial charge in [-0.05, 0) is 24.3 Å². The Labute approximate surface area is 112 Å². The Kier molecular flexibility index (Phi) is 6.84. The summed E-state index contributed by atoms with van der Waals surface area (Å²) in [6, 6.07) is 8.88. The summed E-state index contributed by atoms with van der Waals surface area (Å²) in [6.07, 6.45) is 0.535. The van der Waals surface area contributed by atoms with Gasteiger partial charge < -0.3 is 20.0 Å². The third-order valence-electron chi connectivity index (χ3n) is 2.17. The van der Waals surface area contributed by atoms with Gasteiger partial charge in [0.05, 0.1) is 18.2 Å². The van der Waals surface area contributed by atoms with Crippen molar-refractivity contribution in [3.05, 3.63) is 29.8 Å². The minimum atomic E-state index is 0.299. The van der Waals surface area contributed by atoms with Gasteiger partial charge in [0, 0.05) is 13.5 Å². The van der Waals surface area contributed by atoms with Crippen molar-refractivity contribution in [2.24, 2.45) is 10.9 Å². The van der Waals surface area contributed by atoms with Gasteiger partial charge in [-0.1, -0.05) is 5.16 Å². The molecule has 0 aliphatic heterocycles. The van der Waals surface area contributed by atoms with Crippen LogP contribution >= 0.6 is 0 Å². The van der Waals surface area contributed by atoms with Gasteiger partial charge in [0.2, 0.25) is 0 Å². The molecule has 0 saturated carbocycles. The molecule has 0 saturated heterocycles. The first-order chi connectivity index (χ1) is 9.26. The number of hydrogen-bond donors (Lipinski definition) is 1. The molecule has 6 heteroatoms. The van der Waals surface area contributed by atoms with Crippen LogP contribution in [0.15, 0.2) is 29.4 Å². The second-order valence-electron chi connectivity index (χ2n) is 3.64. The predicted octanol–water partition coefficient (Wildman–Crippen LogP) is 1.26. The van der Waals surface area contributed by atoms with E-state index in [1.165, 1.54) is 0 Å². The lowest BCUT2D eigenvalue weighted by Crippen LogP contribution is -2.15. The fraction of sp³-hybridized carbons (Fsp3) is 0.385. The average Bonchev–Trinajstić information content (AvgIpc) is 2.45. The first-order valence-corrected chi connectivity index (χ1v) is 5.82. The fourth-order valence-electron chi connectivity index (χ4n) is 1.20. The number of methoxy groups -OCH3 is 1. The molecule has 0 aliphatic carbocycles. The molecular weight excluding hydrogens is 246 g/mol. The Morgan fingerprint density at radius 3 is 2.63 bits per heavy atom. The van der Waals surface area contributed by atoms with E-state index in [-0.39, 0.29) is 0 Å². The summed E-state index contributed by atoms with van der Waals surface area (Å²) in [4.78, 5) is 4.99. The van der Waals surface area contributed by atoms with Crippen LogP contribution in [0.25, 0.3) is 0 Å². The van der Waals surface area contributed by atoms with Crippen LogP contribution in [0.4, 0.5) is 0 Å². The minimum Gasteiger partial charge on any atom is -0.490 e. The first kappa shape index (κ1) is 14.8. The molecule has 19 heavy (non-hydrogen) atoms. The molecule has 0 spiro atoms. The second-order valence-corrected chi connectivity index (χ2v) is 3.64. The SMILES string of the molecule is COCC/C(N)=N/OCCOc1ccc(C#N)cc1. The number of nitriles is 1. The second kappa shape index (κ2) is 8.78. The van der Waals surface area contributed by atoms with Crippen LogP contribution in [0.2, 0.25) is 0 Å². The lowest BCUT2D eigenvalue weighted by atomic mass is 10.2. The predicted molar refractivity (Wildman–Crippen MR) is 70.7 cm³/mol. The van der Waals surface area contributed by atoms with Crippen molar-refractivity contribution in [3.63, 3.8) is 0 Å². The molecule has 6 nitrogen and oxygen atoms in total. The van der Waals surface area contributed by atoms with Gasteiger partial charge in [0.25, 0.3) is 0 Å². The average molecular weight is 263 g/mol. The van der Waals surface area contributed by atoms with Gasteiger partial charge in [0.1, 0.15) is 18.2 Å². The van der Waals surface area contributed by atoms with E-state index in [2.05, 4.69) is 5.16 Å². The number of oxime groups is 1. The van der Waals surface area contributed by atoms with E-state index in [9.17, 15) is 0 Å². The van der Waals surface area contributed by atoms with Crippen molar-refractivity contribution in [1.82, 2.24) is 0 Å². The molecule has 0 fully saturated rings. The lowest BCUT2D eigenvalue weighted by molar-refractivity contribution is 0.105. The molecule has 0 aliphatic rings. The zero-order valence-corrected chi connectivity index (χ0v) is 10.8. The van der Waals surface area contributed by atoms with E-state index in [0.717, 1.165) is 0 Å². The van der Waals surface area contributed by atoms with Gasteiger partial charge >= 0.3 is 0 Å². The molecular formula is C13H17N3O3. The van der Waals surface area contributed by atoms with Crippen LogP contribution in [0, 0.1) is 11.3 Å². The molecule has 0 heterocycles. The highest BCUT2D eigenvalue weighted by atomic mass is 16.6. The van der Waals surface area contributed by atoms with Crippen LogP contribution in [0.3, 0.4) is 0 Å². The van der Waals surface area contributed by atoms with Crippen LogP contribution in [0.5, 0.6) is 5.75 Å². The van der Waals surface area contributed by atoms with E-state index >= 15 is 0 Å². The van der Waals surface area contributed by atoms with Crippen molar-refractivity contribution in [2.45, 2.75) is 6.42 Å². The number of hydrogen-bond acceptors (Lipinski definition) is 5. The number of nitrogens with zero attached hydrogens (tertiary/aromatic N) is 2. The summed E-state index contributed by atoms with van der Waals surface area (Å²) < 4.78 is 10.3. The van der Waals surface area contributed by atoms with E-state index in [4.69, 9.17) is 25.3 Å². The highest BCUT2D eigenvalue weighted by Gasteiger charge is 1.96. The molecule has 0 aromatic heterocycles. The van der Waals surface area contributed by atoms with Gasteiger partial charge in [-0.25, -0.2) is 0 Å². The Morgan fingerprint density at radius 2 is 2.00 bits per heavy atom. The molecule has 0 amide bonds. The van der Waals surface area contributed by atoms with Gasteiger partial charge in [0.15, 0.2) is 6.61 Å². The van der Waals surface area contributed by atoms with E-state index in [1.54, 1.807) is 31.4 Å². The van der Waals surface area contributed by atoms with Crippen LogP contribution in [-0.4, -0.2) is 32.8 Å². The molecule has 0 radical (unpaired) electrons. The molecule has 1 aromatic carbocycles. The van der Waals surface area contributed by atoms with Crippen molar-refractivity contribution in [1.29, 1.82) is 5.26 Å². The Bertz CT molecular complexity index is 437. The Morgan fingerprint density at radius 1 is 1.26 bits per heavy atom. The quantitative estimate of drug-likeness (QED) is 0.330. The highest BCUT2D eigenvalue weighted by Crippen LogP contribution is 2.11. The zero-order chi connectivity index (χ0) is 13.9. The third-order valence-corrected chi connectivity index (χ3v) is 2.17. The topological polar surface area (TPSA) is 89.9 Å². The van der Waals surface area contributed by atoms with E-state index in [1.807, 2.05) is 6.07 Å². The molecule has 1 aromatic rings. The number of benzene rings is 1. The van der Waals surface area contributed by atoms with E-state index < -0.39 is 0 Å². The zero-order valence-electron chi connectivity index (χ0n) is 10.8. The van der Waals surface area contributed by atoms with Crippen LogP contribution in [0.1, 0.15) is 12.0 Å². The standard InChI is InChI=1S/C13H17N3O3/c1-17-7-6-13(15)16-19-9-8-18-12-4-2-11(10-14)3-5-12/h2-5H,6-9H2,1H3,(H2,15,16). The number of nitrogens with two attached hydrogens (primary N) is 1. The smallest absolute Gasteiger partial charge is 0.151 e. The number of amidine groups is 1. The maximum absolute atomic E-state index is 8.64. The molecule has 1 rings (SSSR count). The number of rotatable bonds is 8. The van der Waals surface area contributed by atoms with E-state index in [0.29, 0.717) is 43.4 Å². The highest BCUT2D eigenvalue weighted by molar-refractivity contribution is 5.79. The lowest BCUT2D eigenvalue weighted by Gasteiger charge is -2.05. The van der Waals surface area contributed by atoms with Gasteiger partial charge in [-0.15, -0.1) is 0 Å². The van der Waals surface area contributed by atoms with Crippen LogP contribution < -0.4 is 10.5 Å². The van der Waals surface area contributed by atoms with Crippen LogP contribution in [-0.2, 0) is 9.57 Å². The summed E-state index contributed by atoms with van der Waals surface area (Å²) in [5, 5.41) is 12.4. The third kappa shape index (κ3) is 6.29. The molecule has 0 bridgehead atoms. The monoisotopic (exact) mass is 263 g/mol. The summed E-state index contributed by atoms with van der Waals surface area (Å²) >= 11 is 0. The fourth-order valence-corrected chi connectivity index (χ4v) is 1.20. The largest absolute Gasteiger partial charge is 0.490 e. The van der Waals surface area contributed by atoms with Crippen molar-refractivity contribution >= 4 is 5.84 Å².